The summed E-state index contributed by atoms with van der Waals surface area (Å²) in [5.41, 5.74) is 2.83. The summed E-state index contributed by atoms with van der Waals surface area (Å²) in [6, 6.07) is 3.84. The quantitative estimate of drug-likeness (QED) is 0.791. The largest absolute Gasteiger partial charge is 0.497 e. The number of hydrogen-bond acceptors (Lipinski definition) is 5. The van der Waals surface area contributed by atoms with E-state index < -0.39 is 0 Å². The van der Waals surface area contributed by atoms with Crippen molar-refractivity contribution in [2.45, 2.75) is 31.8 Å². The Bertz CT molecular complexity index is 1020. The second kappa shape index (κ2) is 5.34. The van der Waals surface area contributed by atoms with Crippen LogP contribution in [-0.2, 0) is 13.1 Å². The molecule has 1 saturated carbocycles. The minimum atomic E-state index is -0.0661. The zero-order chi connectivity index (χ0) is 17.0. The van der Waals surface area contributed by atoms with Crippen LogP contribution in [0.2, 0.25) is 0 Å². The van der Waals surface area contributed by atoms with E-state index in [1.807, 2.05) is 24.7 Å². The maximum absolute atomic E-state index is 12.8. The van der Waals surface area contributed by atoms with Gasteiger partial charge in [0.25, 0.3) is 5.56 Å². The van der Waals surface area contributed by atoms with Crippen LogP contribution >= 0.6 is 0 Å². The molecule has 0 spiro atoms. The topological polar surface area (TPSA) is 76.0 Å². The van der Waals surface area contributed by atoms with E-state index in [0.717, 1.165) is 42.9 Å². The van der Waals surface area contributed by atoms with Gasteiger partial charge in [-0.15, -0.1) is 0 Å². The number of H-pyrrole nitrogens is 1. The molecule has 2 aliphatic rings. The fourth-order valence-corrected chi connectivity index (χ4v) is 3.61. The van der Waals surface area contributed by atoms with E-state index in [2.05, 4.69) is 19.4 Å². The predicted molar refractivity (Wildman–Crippen MR) is 94.2 cm³/mol. The van der Waals surface area contributed by atoms with Gasteiger partial charge in [0.15, 0.2) is 0 Å². The normalized spacial score (nSPS) is 16.9. The van der Waals surface area contributed by atoms with Crippen LogP contribution in [0, 0.1) is 0 Å². The molecule has 1 aliphatic heterocycles. The third-order valence-electron chi connectivity index (χ3n) is 5.11. The molecule has 128 valence electrons. The Morgan fingerprint density at radius 2 is 2.16 bits per heavy atom. The summed E-state index contributed by atoms with van der Waals surface area (Å²) in [6.07, 6.45) is 5.95. The standard InChI is InChI=1S/C18H19N5O2/c1-25-13-6-14(11-2-3-11)16-15(7-13)20-18(21-17(16)24)22-4-5-23-10-19-8-12(23)9-22/h6-8,10-11H,2-5,9H2,1H3,(H,20,21,24). The molecule has 3 aromatic rings. The van der Waals surface area contributed by atoms with Crippen molar-refractivity contribution in [1.29, 1.82) is 0 Å². The maximum atomic E-state index is 12.8. The SMILES string of the molecule is COc1cc(C2CC2)c2c(=O)[nH]c(N3CCn4cncc4C3)nc2c1. The Labute approximate surface area is 144 Å². The lowest BCUT2D eigenvalue weighted by atomic mass is 10.0. The Morgan fingerprint density at radius 1 is 1.28 bits per heavy atom. The van der Waals surface area contributed by atoms with Gasteiger partial charge in [0.1, 0.15) is 5.75 Å². The highest BCUT2D eigenvalue weighted by Crippen LogP contribution is 2.43. The van der Waals surface area contributed by atoms with Crippen LogP contribution in [0.15, 0.2) is 29.5 Å². The lowest BCUT2D eigenvalue weighted by Crippen LogP contribution is -2.35. The Kier molecular flexibility index (Phi) is 3.10. The molecule has 1 aromatic carbocycles. The second-order valence-corrected chi connectivity index (χ2v) is 6.77. The first kappa shape index (κ1) is 14.5. The second-order valence-electron chi connectivity index (χ2n) is 6.77. The maximum Gasteiger partial charge on any atom is 0.260 e. The van der Waals surface area contributed by atoms with Gasteiger partial charge in [0.05, 0.1) is 36.6 Å². The van der Waals surface area contributed by atoms with Crippen molar-refractivity contribution in [3.05, 3.63) is 46.3 Å². The van der Waals surface area contributed by atoms with Gasteiger partial charge in [-0.25, -0.2) is 9.97 Å². The monoisotopic (exact) mass is 337 g/mol. The van der Waals surface area contributed by atoms with Crippen molar-refractivity contribution in [2.24, 2.45) is 0 Å². The van der Waals surface area contributed by atoms with Crippen molar-refractivity contribution in [1.82, 2.24) is 19.5 Å². The number of aromatic amines is 1. The molecule has 5 rings (SSSR count). The zero-order valence-corrected chi connectivity index (χ0v) is 14.0. The van der Waals surface area contributed by atoms with Crippen molar-refractivity contribution in [3.63, 3.8) is 0 Å². The fraction of sp³-hybridized carbons (Fsp3) is 0.389. The molecule has 0 radical (unpaired) electrons. The van der Waals surface area contributed by atoms with Gasteiger partial charge in [-0.1, -0.05) is 0 Å². The summed E-state index contributed by atoms with van der Waals surface area (Å²) < 4.78 is 7.55. The minimum Gasteiger partial charge on any atom is -0.497 e. The first-order chi connectivity index (χ1) is 12.2. The summed E-state index contributed by atoms with van der Waals surface area (Å²) in [4.78, 5) is 26.8. The number of benzene rings is 1. The molecule has 7 heteroatoms. The summed E-state index contributed by atoms with van der Waals surface area (Å²) >= 11 is 0. The van der Waals surface area contributed by atoms with E-state index in [1.54, 1.807) is 7.11 Å². The smallest absolute Gasteiger partial charge is 0.260 e. The van der Waals surface area contributed by atoms with E-state index in [0.29, 0.717) is 29.3 Å². The molecule has 0 bridgehead atoms. The highest BCUT2D eigenvalue weighted by Gasteiger charge is 2.28. The number of ether oxygens (including phenoxy) is 1. The molecular weight excluding hydrogens is 318 g/mol. The number of fused-ring (bicyclic) bond motifs is 2. The first-order valence-corrected chi connectivity index (χ1v) is 8.59. The average molecular weight is 337 g/mol. The molecule has 2 aromatic heterocycles. The molecule has 0 atom stereocenters. The number of imidazole rings is 1. The molecule has 25 heavy (non-hydrogen) atoms. The fourth-order valence-electron chi connectivity index (χ4n) is 3.61. The summed E-state index contributed by atoms with van der Waals surface area (Å²) in [5, 5.41) is 0.703. The van der Waals surface area contributed by atoms with Crippen LogP contribution in [0.4, 0.5) is 5.95 Å². The van der Waals surface area contributed by atoms with Crippen LogP contribution in [0.5, 0.6) is 5.75 Å². The van der Waals surface area contributed by atoms with Crippen LogP contribution in [0.1, 0.15) is 30.0 Å². The highest BCUT2D eigenvalue weighted by molar-refractivity contribution is 5.84. The summed E-state index contributed by atoms with van der Waals surface area (Å²) in [7, 11) is 1.65. The van der Waals surface area contributed by atoms with Gasteiger partial charge >= 0.3 is 0 Å². The number of rotatable bonds is 3. The Morgan fingerprint density at radius 3 is 2.96 bits per heavy atom. The van der Waals surface area contributed by atoms with Gasteiger partial charge in [0.2, 0.25) is 5.95 Å². The van der Waals surface area contributed by atoms with Gasteiger partial charge in [-0.05, 0) is 30.4 Å². The molecule has 3 heterocycles. The van der Waals surface area contributed by atoms with E-state index in [9.17, 15) is 4.79 Å². The molecule has 0 saturated heterocycles. The van der Waals surface area contributed by atoms with Crippen molar-refractivity contribution < 1.29 is 4.74 Å². The van der Waals surface area contributed by atoms with E-state index in [4.69, 9.17) is 9.72 Å². The van der Waals surface area contributed by atoms with Gasteiger partial charge in [0, 0.05) is 25.4 Å². The molecular formula is C18H19N5O2. The molecule has 1 fully saturated rings. The zero-order valence-electron chi connectivity index (χ0n) is 14.0. The molecule has 0 amide bonds. The Balaban J connectivity index is 1.62. The number of anilines is 1. The van der Waals surface area contributed by atoms with E-state index in [1.165, 1.54) is 0 Å². The predicted octanol–water partition coefficient (Wildman–Crippen LogP) is 2.03. The molecule has 1 aliphatic carbocycles. The molecule has 0 unspecified atom stereocenters. The number of nitrogens with one attached hydrogen (secondary N) is 1. The van der Waals surface area contributed by atoms with E-state index in [-0.39, 0.29) is 5.56 Å². The molecule has 7 nitrogen and oxygen atoms in total. The van der Waals surface area contributed by atoms with Crippen molar-refractivity contribution in [3.8, 4) is 5.75 Å². The number of methoxy groups -OCH3 is 1. The lowest BCUT2D eigenvalue weighted by Gasteiger charge is -2.28. The van der Waals surface area contributed by atoms with E-state index >= 15 is 0 Å². The number of aromatic nitrogens is 4. The van der Waals surface area contributed by atoms with Crippen molar-refractivity contribution in [2.75, 3.05) is 18.6 Å². The van der Waals surface area contributed by atoms with Crippen LogP contribution in [0.3, 0.4) is 0 Å². The third-order valence-corrected chi connectivity index (χ3v) is 5.11. The van der Waals surface area contributed by atoms with Crippen LogP contribution < -0.4 is 15.2 Å². The first-order valence-electron chi connectivity index (χ1n) is 8.59. The third kappa shape index (κ3) is 2.38. The average Bonchev–Trinajstić information content (AvgIpc) is 3.37. The summed E-state index contributed by atoms with van der Waals surface area (Å²) in [6.45, 7) is 2.31. The van der Waals surface area contributed by atoms with Gasteiger partial charge in [-0.3, -0.25) is 9.78 Å². The highest BCUT2D eigenvalue weighted by atomic mass is 16.5. The lowest BCUT2D eigenvalue weighted by molar-refractivity contribution is 0.415. The molecule has 1 N–H and O–H groups in total. The van der Waals surface area contributed by atoms with Crippen LogP contribution in [0.25, 0.3) is 10.9 Å². The number of hydrogen-bond donors (Lipinski definition) is 1. The minimum absolute atomic E-state index is 0.0661. The Hall–Kier alpha value is -2.83. The van der Waals surface area contributed by atoms with Gasteiger partial charge in [-0.2, -0.15) is 0 Å². The number of nitrogens with zero attached hydrogens (tertiary/aromatic N) is 4. The summed E-state index contributed by atoms with van der Waals surface area (Å²) in [5.74, 6) is 1.82. The van der Waals surface area contributed by atoms with Crippen molar-refractivity contribution >= 4 is 16.9 Å². The van der Waals surface area contributed by atoms with Crippen LogP contribution in [-0.4, -0.2) is 33.2 Å². The van der Waals surface area contributed by atoms with Gasteiger partial charge < -0.3 is 14.2 Å².